The highest BCUT2D eigenvalue weighted by atomic mass is 16.4. The monoisotopic (exact) mass is 329 g/mol. The summed E-state index contributed by atoms with van der Waals surface area (Å²) < 4.78 is 0. The van der Waals surface area contributed by atoms with Gasteiger partial charge in [-0.3, -0.25) is 0 Å². The first-order chi connectivity index (χ1) is 11.5. The van der Waals surface area contributed by atoms with Gasteiger partial charge >= 0.3 is 5.97 Å². The summed E-state index contributed by atoms with van der Waals surface area (Å²) in [5, 5.41) is 18.2. The van der Waals surface area contributed by atoms with Gasteiger partial charge in [0.05, 0.1) is 5.69 Å². The molecule has 0 radical (unpaired) electrons. The smallest absolute Gasteiger partial charge is 0.360 e. The summed E-state index contributed by atoms with van der Waals surface area (Å²) in [6, 6.07) is 5.98. The number of nitrogens with zero attached hydrogens (tertiary/aromatic N) is 5. The third kappa shape index (κ3) is 3.26. The summed E-state index contributed by atoms with van der Waals surface area (Å²) in [4.78, 5) is 17.4. The molecule has 1 N–H and O–H groups in total. The zero-order valence-corrected chi connectivity index (χ0v) is 14.4. The third-order valence-corrected chi connectivity index (χ3v) is 4.35. The van der Waals surface area contributed by atoms with Crippen molar-refractivity contribution in [3.05, 3.63) is 35.0 Å². The van der Waals surface area contributed by atoms with Crippen molar-refractivity contribution < 1.29 is 9.90 Å². The van der Waals surface area contributed by atoms with Gasteiger partial charge in [-0.25, -0.2) is 4.79 Å². The van der Waals surface area contributed by atoms with Gasteiger partial charge in [0.2, 0.25) is 5.69 Å². The fourth-order valence-electron chi connectivity index (χ4n) is 3.11. The number of hydrogen-bond donors (Lipinski definition) is 1. The summed E-state index contributed by atoms with van der Waals surface area (Å²) in [5.74, 6) is -0.587. The second-order valence-electron chi connectivity index (χ2n) is 6.23. The lowest BCUT2D eigenvalue weighted by Crippen LogP contribution is -2.46. The molecule has 1 aliphatic rings. The standard InChI is InChI=1S/C17H23N5O2/c1-4-20-5-7-21(8-6-20)16-15(17(23)24)18-22(19-16)14-10-12(2)9-13(3)11-14/h9-11H,4-8H2,1-3H3,(H,23,24). The molecule has 1 aromatic carbocycles. The number of carboxylic acid groups (broad SMARTS) is 1. The number of piperazine rings is 1. The van der Waals surface area contributed by atoms with Crippen molar-refractivity contribution in [1.29, 1.82) is 0 Å². The van der Waals surface area contributed by atoms with Crippen LogP contribution in [-0.4, -0.2) is 63.7 Å². The van der Waals surface area contributed by atoms with Gasteiger partial charge in [-0.1, -0.05) is 13.0 Å². The Morgan fingerprint density at radius 2 is 1.71 bits per heavy atom. The molecule has 1 aromatic heterocycles. The Labute approximate surface area is 141 Å². The number of carboxylic acids is 1. The first kappa shape index (κ1) is 16.4. The zero-order valence-electron chi connectivity index (χ0n) is 14.4. The van der Waals surface area contributed by atoms with Crippen molar-refractivity contribution in [2.24, 2.45) is 0 Å². The van der Waals surface area contributed by atoms with Gasteiger partial charge in [-0.2, -0.15) is 0 Å². The van der Waals surface area contributed by atoms with Gasteiger partial charge in [-0.15, -0.1) is 15.0 Å². The van der Waals surface area contributed by atoms with E-state index in [1.807, 2.05) is 30.9 Å². The van der Waals surface area contributed by atoms with Gasteiger partial charge in [0, 0.05) is 26.2 Å². The van der Waals surface area contributed by atoms with Gasteiger partial charge in [-0.05, 0) is 43.7 Å². The lowest BCUT2D eigenvalue weighted by atomic mass is 10.1. The minimum atomic E-state index is -1.04. The largest absolute Gasteiger partial charge is 0.476 e. The SMILES string of the molecule is CCN1CCN(c2nn(-c3cc(C)cc(C)c3)nc2C(=O)O)CC1. The second-order valence-corrected chi connectivity index (χ2v) is 6.23. The van der Waals surface area contributed by atoms with Crippen LogP contribution in [0.3, 0.4) is 0 Å². The average molecular weight is 329 g/mol. The average Bonchev–Trinajstić information content (AvgIpc) is 2.99. The van der Waals surface area contributed by atoms with E-state index < -0.39 is 5.97 Å². The number of aromatic carboxylic acids is 1. The molecule has 0 aliphatic carbocycles. The number of hydrogen-bond acceptors (Lipinski definition) is 5. The molecule has 0 amide bonds. The molecular weight excluding hydrogens is 306 g/mol. The molecule has 1 aliphatic heterocycles. The maximum absolute atomic E-state index is 11.6. The van der Waals surface area contributed by atoms with Crippen molar-refractivity contribution in [1.82, 2.24) is 19.9 Å². The molecule has 0 spiro atoms. The Kier molecular flexibility index (Phi) is 4.53. The molecular formula is C17H23N5O2. The first-order valence-corrected chi connectivity index (χ1v) is 8.24. The van der Waals surface area contributed by atoms with E-state index in [-0.39, 0.29) is 5.69 Å². The molecule has 1 fully saturated rings. The highest BCUT2D eigenvalue weighted by Gasteiger charge is 2.26. The van der Waals surface area contributed by atoms with E-state index in [1.165, 1.54) is 4.80 Å². The Bertz CT molecular complexity index is 727. The molecule has 0 atom stereocenters. The van der Waals surface area contributed by atoms with Crippen LogP contribution in [-0.2, 0) is 0 Å². The van der Waals surface area contributed by atoms with Crippen LogP contribution in [0, 0.1) is 13.8 Å². The van der Waals surface area contributed by atoms with E-state index in [1.54, 1.807) is 0 Å². The molecule has 0 bridgehead atoms. The Balaban J connectivity index is 1.95. The molecule has 7 heteroatoms. The van der Waals surface area contributed by atoms with Gasteiger partial charge in [0.25, 0.3) is 0 Å². The summed E-state index contributed by atoms with van der Waals surface area (Å²) in [7, 11) is 0. The minimum Gasteiger partial charge on any atom is -0.476 e. The van der Waals surface area contributed by atoms with E-state index in [2.05, 4.69) is 28.1 Å². The Hall–Kier alpha value is -2.41. The van der Waals surface area contributed by atoms with E-state index in [0.717, 1.165) is 49.5 Å². The predicted octanol–water partition coefficient (Wildman–Crippen LogP) is 1.72. The van der Waals surface area contributed by atoms with Crippen LogP contribution in [0.2, 0.25) is 0 Å². The third-order valence-electron chi connectivity index (χ3n) is 4.35. The molecule has 3 rings (SSSR count). The molecule has 1 saturated heterocycles. The van der Waals surface area contributed by atoms with Crippen LogP contribution in [0.1, 0.15) is 28.5 Å². The maximum atomic E-state index is 11.6. The number of likely N-dealkylation sites (N-methyl/N-ethyl adjacent to an activating group) is 1. The summed E-state index contributed by atoms with van der Waals surface area (Å²) in [6.45, 7) is 10.5. The van der Waals surface area contributed by atoms with E-state index >= 15 is 0 Å². The van der Waals surface area contributed by atoms with Gasteiger partial charge < -0.3 is 14.9 Å². The highest BCUT2D eigenvalue weighted by Crippen LogP contribution is 2.21. The fraction of sp³-hybridized carbons (Fsp3) is 0.471. The number of anilines is 1. The molecule has 0 unspecified atom stereocenters. The summed E-state index contributed by atoms with van der Waals surface area (Å²) in [5.41, 5.74) is 2.99. The van der Waals surface area contributed by atoms with Crippen LogP contribution >= 0.6 is 0 Å². The Morgan fingerprint density at radius 3 is 2.25 bits per heavy atom. The van der Waals surface area contributed by atoms with E-state index in [4.69, 9.17) is 0 Å². The normalized spacial score (nSPS) is 15.7. The van der Waals surface area contributed by atoms with E-state index in [9.17, 15) is 9.90 Å². The molecule has 7 nitrogen and oxygen atoms in total. The first-order valence-electron chi connectivity index (χ1n) is 8.24. The van der Waals surface area contributed by atoms with E-state index in [0.29, 0.717) is 5.82 Å². The maximum Gasteiger partial charge on any atom is 0.360 e. The number of rotatable bonds is 4. The number of benzene rings is 1. The van der Waals surface area contributed by atoms with Crippen LogP contribution in [0.15, 0.2) is 18.2 Å². The van der Waals surface area contributed by atoms with Crippen molar-refractivity contribution in [2.45, 2.75) is 20.8 Å². The fourth-order valence-corrected chi connectivity index (χ4v) is 3.11. The predicted molar refractivity (Wildman–Crippen MR) is 92.1 cm³/mol. The van der Waals surface area contributed by atoms with Crippen molar-refractivity contribution in [3.8, 4) is 5.69 Å². The van der Waals surface area contributed by atoms with Crippen LogP contribution in [0.5, 0.6) is 0 Å². The number of carbonyl (C=O) groups is 1. The van der Waals surface area contributed by atoms with Crippen LogP contribution < -0.4 is 4.90 Å². The van der Waals surface area contributed by atoms with Gasteiger partial charge in [0.15, 0.2) is 5.82 Å². The highest BCUT2D eigenvalue weighted by molar-refractivity contribution is 5.91. The molecule has 2 aromatic rings. The van der Waals surface area contributed by atoms with Crippen LogP contribution in [0.4, 0.5) is 5.82 Å². The number of aryl methyl sites for hydroxylation is 2. The molecule has 2 heterocycles. The molecule has 24 heavy (non-hydrogen) atoms. The van der Waals surface area contributed by atoms with Crippen molar-refractivity contribution in [3.63, 3.8) is 0 Å². The van der Waals surface area contributed by atoms with Crippen molar-refractivity contribution in [2.75, 3.05) is 37.6 Å². The lowest BCUT2D eigenvalue weighted by Gasteiger charge is -2.34. The lowest BCUT2D eigenvalue weighted by molar-refractivity contribution is 0.0690. The molecule has 0 saturated carbocycles. The van der Waals surface area contributed by atoms with Crippen LogP contribution in [0.25, 0.3) is 5.69 Å². The van der Waals surface area contributed by atoms with Crippen molar-refractivity contribution >= 4 is 11.8 Å². The summed E-state index contributed by atoms with van der Waals surface area (Å²) in [6.07, 6.45) is 0. The topological polar surface area (TPSA) is 74.5 Å². The minimum absolute atomic E-state index is 0.0131. The number of aromatic nitrogens is 3. The second kappa shape index (κ2) is 6.60. The quantitative estimate of drug-likeness (QED) is 0.921. The molecule has 128 valence electrons. The zero-order chi connectivity index (χ0) is 17.3. The summed E-state index contributed by atoms with van der Waals surface area (Å²) >= 11 is 0. The van der Waals surface area contributed by atoms with Gasteiger partial charge in [0.1, 0.15) is 0 Å². The Morgan fingerprint density at radius 1 is 1.08 bits per heavy atom.